The van der Waals surface area contributed by atoms with Crippen LogP contribution in [0.15, 0.2) is 29.2 Å². The van der Waals surface area contributed by atoms with Crippen LogP contribution in [0.4, 0.5) is 0 Å². The van der Waals surface area contributed by atoms with E-state index in [1.165, 1.54) is 4.31 Å². The van der Waals surface area contributed by atoms with E-state index in [-0.39, 0.29) is 0 Å². The zero-order valence-corrected chi connectivity index (χ0v) is 13.2. The Balaban J connectivity index is 2.71. The molecule has 1 N–H and O–H groups in total. The highest BCUT2D eigenvalue weighted by atomic mass is 32.2. The summed E-state index contributed by atoms with van der Waals surface area (Å²) in [6.45, 7) is 6.91. The van der Waals surface area contributed by atoms with Crippen molar-refractivity contribution < 1.29 is 13.2 Å². The first kappa shape index (κ1) is 17.1. The van der Waals surface area contributed by atoms with Crippen molar-refractivity contribution in [3.63, 3.8) is 0 Å². The Bertz CT molecular complexity index is 486. The van der Waals surface area contributed by atoms with E-state index in [1.807, 2.05) is 26.0 Å². The van der Waals surface area contributed by atoms with E-state index in [4.69, 9.17) is 4.74 Å². The third kappa shape index (κ3) is 4.86. The highest BCUT2D eigenvalue weighted by Crippen LogP contribution is 2.15. The Morgan fingerprint density at radius 2 is 1.85 bits per heavy atom. The molecule has 0 fully saturated rings. The van der Waals surface area contributed by atoms with Gasteiger partial charge < -0.3 is 10.1 Å². The summed E-state index contributed by atoms with van der Waals surface area (Å²) in [6.07, 6.45) is 0. The van der Waals surface area contributed by atoms with Crippen LogP contribution in [0.25, 0.3) is 0 Å². The van der Waals surface area contributed by atoms with Gasteiger partial charge in [-0.15, -0.1) is 0 Å². The molecular formula is C14H24N2O3S. The molecule has 0 bridgehead atoms. The topological polar surface area (TPSA) is 58.6 Å². The predicted octanol–water partition coefficient (Wildman–Crippen LogP) is 1.45. The molecule has 0 aliphatic carbocycles. The fourth-order valence-electron chi connectivity index (χ4n) is 1.69. The van der Waals surface area contributed by atoms with Gasteiger partial charge in [0.15, 0.2) is 0 Å². The van der Waals surface area contributed by atoms with Crippen LogP contribution in [0.5, 0.6) is 0 Å². The molecule has 1 rings (SSSR count). The lowest BCUT2D eigenvalue weighted by atomic mass is 10.2. The molecule has 5 nitrogen and oxygen atoms in total. The molecule has 0 amide bonds. The normalized spacial score (nSPS) is 12.0. The van der Waals surface area contributed by atoms with Gasteiger partial charge in [0.05, 0.1) is 11.5 Å². The van der Waals surface area contributed by atoms with Crippen LogP contribution in [-0.4, -0.2) is 46.1 Å². The van der Waals surface area contributed by atoms with Gasteiger partial charge in [-0.25, -0.2) is 8.42 Å². The van der Waals surface area contributed by atoms with E-state index >= 15 is 0 Å². The predicted molar refractivity (Wildman–Crippen MR) is 80.1 cm³/mol. The van der Waals surface area contributed by atoms with E-state index in [2.05, 4.69) is 5.32 Å². The van der Waals surface area contributed by atoms with Crippen molar-refractivity contribution in [1.82, 2.24) is 9.62 Å². The van der Waals surface area contributed by atoms with E-state index in [0.29, 0.717) is 24.7 Å². The number of hydrogen-bond donors (Lipinski definition) is 1. The molecule has 0 heterocycles. The van der Waals surface area contributed by atoms with Gasteiger partial charge in [-0.2, -0.15) is 4.31 Å². The highest BCUT2D eigenvalue weighted by Gasteiger charge is 2.20. The number of likely N-dealkylation sites (N-methyl/N-ethyl adjacent to an activating group) is 1. The molecule has 0 saturated carbocycles. The second-order valence-corrected chi connectivity index (χ2v) is 6.49. The monoisotopic (exact) mass is 300 g/mol. The quantitative estimate of drug-likeness (QED) is 0.701. The first-order valence-corrected chi connectivity index (χ1v) is 8.30. The largest absolute Gasteiger partial charge is 0.380 e. The molecule has 6 heteroatoms. The van der Waals surface area contributed by atoms with E-state index in [9.17, 15) is 8.42 Å². The molecule has 0 spiro atoms. The zero-order valence-electron chi connectivity index (χ0n) is 12.4. The fraction of sp³-hybridized carbons (Fsp3) is 0.571. The number of hydrogen-bond acceptors (Lipinski definition) is 4. The van der Waals surface area contributed by atoms with Crippen molar-refractivity contribution in [1.29, 1.82) is 0 Å². The average molecular weight is 300 g/mol. The van der Waals surface area contributed by atoms with Crippen LogP contribution >= 0.6 is 0 Å². The van der Waals surface area contributed by atoms with Crippen molar-refractivity contribution in [2.75, 3.05) is 33.4 Å². The molecule has 0 atom stereocenters. The summed E-state index contributed by atoms with van der Waals surface area (Å²) < 4.78 is 31.1. The maximum atomic E-state index is 12.3. The molecule has 114 valence electrons. The van der Waals surface area contributed by atoms with E-state index in [1.54, 1.807) is 19.2 Å². The Kier molecular flexibility index (Phi) is 7.15. The van der Waals surface area contributed by atoms with Crippen molar-refractivity contribution in [3.8, 4) is 0 Å². The van der Waals surface area contributed by atoms with Gasteiger partial charge in [0.1, 0.15) is 0 Å². The molecule has 0 aromatic heterocycles. The Hall–Kier alpha value is -0.950. The van der Waals surface area contributed by atoms with Gasteiger partial charge in [0, 0.05) is 26.7 Å². The number of sulfonamides is 1. The van der Waals surface area contributed by atoms with Crippen LogP contribution < -0.4 is 5.32 Å². The Morgan fingerprint density at radius 3 is 2.40 bits per heavy atom. The molecule has 0 saturated heterocycles. The summed E-state index contributed by atoms with van der Waals surface area (Å²) in [7, 11) is -1.85. The van der Waals surface area contributed by atoms with Gasteiger partial charge in [0.2, 0.25) is 10.0 Å². The van der Waals surface area contributed by atoms with Gasteiger partial charge >= 0.3 is 0 Å². The highest BCUT2D eigenvalue weighted by molar-refractivity contribution is 7.89. The first-order chi connectivity index (χ1) is 9.52. The lowest BCUT2D eigenvalue weighted by Crippen LogP contribution is -2.30. The fourth-order valence-corrected chi connectivity index (χ4v) is 2.84. The van der Waals surface area contributed by atoms with Crippen LogP contribution in [0, 0.1) is 0 Å². The van der Waals surface area contributed by atoms with Crippen LogP contribution in [0.3, 0.4) is 0 Å². The number of nitrogens with one attached hydrogen (secondary N) is 1. The van der Waals surface area contributed by atoms with Crippen molar-refractivity contribution in [2.45, 2.75) is 25.3 Å². The number of nitrogens with zero attached hydrogens (tertiary/aromatic N) is 1. The van der Waals surface area contributed by atoms with Gasteiger partial charge in [-0.3, -0.25) is 0 Å². The van der Waals surface area contributed by atoms with Crippen LogP contribution in [-0.2, 0) is 21.3 Å². The minimum atomic E-state index is -3.42. The summed E-state index contributed by atoms with van der Waals surface area (Å²) in [5, 5.41) is 3.20. The zero-order chi connectivity index (χ0) is 15.0. The molecule has 0 radical (unpaired) electrons. The Morgan fingerprint density at radius 1 is 1.20 bits per heavy atom. The third-order valence-electron chi connectivity index (χ3n) is 2.97. The summed E-state index contributed by atoms with van der Waals surface area (Å²) in [5.41, 5.74) is 1.07. The lowest BCUT2D eigenvalue weighted by molar-refractivity contribution is 0.138. The molecule has 20 heavy (non-hydrogen) atoms. The van der Waals surface area contributed by atoms with Crippen molar-refractivity contribution in [3.05, 3.63) is 29.8 Å². The third-order valence-corrected chi connectivity index (χ3v) is 4.84. The molecule has 0 aliphatic rings. The number of ether oxygens (including phenoxy) is 1. The standard InChI is InChI=1S/C14H24N2O3S/c1-4-15-12-13-6-8-14(9-7-13)20(17,18)16(3)10-11-19-5-2/h6-9,15H,4-5,10-12H2,1-3H3. The summed E-state index contributed by atoms with van der Waals surface area (Å²) in [4.78, 5) is 0.316. The van der Waals surface area contributed by atoms with Gasteiger partial charge in [0.25, 0.3) is 0 Å². The maximum absolute atomic E-state index is 12.3. The SMILES string of the molecule is CCNCc1ccc(S(=O)(=O)N(C)CCOCC)cc1. The number of rotatable bonds is 9. The van der Waals surface area contributed by atoms with Crippen molar-refractivity contribution in [2.24, 2.45) is 0 Å². The van der Waals surface area contributed by atoms with E-state index in [0.717, 1.165) is 18.7 Å². The van der Waals surface area contributed by atoms with Gasteiger partial charge in [-0.1, -0.05) is 19.1 Å². The molecule has 0 unspecified atom stereocenters. The Labute approximate surface area is 122 Å². The first-order valence-electron chi connectivity index (χ1n) is 6.86. The minimum Gasteiger partial charge on any atom is -0.380 e. The minimum absolute atomic E-state index is 0.316. The summed E-state index contributed by atoms with van der Waals surface area (Å²) in [6, 6.07) is 6.98. The molecular weight excluding hydrogens is 276 g/mol. The van der Waals surface area contributed by atoms with Crippen molar-refractivity contribution >= 4 is 10.0 Å². The van der Waals surface area contributed by atoms with E-state index < -0.39 is 10.0 Å². The number of benzene rings is 1. The summed E-state index contributed by atoms with van der Waals surface area (Å²) >= 11 is 0. The average Bonchev–Trinajstić information content (AvgIpc) is 2.45. The lowest BCUT2D eigenvalue weighted by Gasteiger charge is -2.17. The molecule has 0 aliphatic heterocycles. The second kappa shape index (κ2) is 8.36. The summed E-state index contributed by atoms with van der Waals surface area (Å²) in [5.74, 6) is 0. The van der Waals surface area contributed by atoms with Gasteiger partial charge in [-0.05, 0) is 31.2 Å². The van der Waals surface area contributed by atoms with Crippen LogP contribution in [0.1, 0.15) is 19.4 Å². The maximum Gasteiger partial charge on any atom is 0.242 e. The molecule has 1 aromatic rings. The van der Waals surface area contributed by atoms with Crippen LogP contribution in [0.2, 0.25) is 0 Å². The molecule has 1 aromatic carbocycles. The smallest absolute Gasteiger partial charge is 0.242 e. The second-order valence-electron chi connectivity index (χ2n) is 4.45.